The minimum absolute atomic E-state index is 0.0612. The van der Waals surface area contributed by atoms with Gasteiger partial charge < -0.3 is 0 Å². The normalized spacial score (nSPS) is 10.7. The zero-order chi connectivity index (χ0) is 13.8. The Morgan fingerprint density at radius 2 is 1.25 bits per heavy atom. The second-order valence-electron chi connectivity index (χ2n) is 4.62. The molecule has 0 aliphatic rings. The van der Waals surface area contributed by atoms with Crippen molar-refractivity contribution in [1.29, 1.82) is 0 Å². The lowest BCUT2D eigenvalue weighted by molar-refractivity contribution is 0.919. The SMILES string of the molecule is Clc1cccnc1C(c1ccccc1)c1ccccc1. The van der Waals surface area contributed by atoms with E-state index in [1.54, 1.807) is 6.20 Å². The molecule has 1 aromatic heterocycles. The van der Waals surface area contributed by atoms with E-state index in [1.807, 2.05) is 48.5 Å². The molecule has 0 amide bonds. The van der Waals surface area contributed by atoms with Crippen LogP contribution in [0.2, 0.25) is 5.02 Å². The first kappa shape index (κ1) is 12.9. The van der Waals surface area contributed by atoms with Crippen molar-refractivity contribution in [2.45, 2.75) is 5.92 Å². The van der Waals surface area contributed by atoms with E-state index in [9.17, 15) is 0 Å². The summed E-state index contributed by atoms with van der Waals surface area (Å²) in [6.07, 6.45) is 1.79. The molecule has 0 aliphatic heterocycles. The van der Waals surface area contributed by atoms with E-state index in [0.29, 0.717) is 5.02 Å². The zero-order valence-electron chi connectivity index (χ0n) is 10.9. The number of pyridine rings is 1. The average Bonchev–Trinajstić information content (AvgIpc) is 2.52. The number of aromatic nitrogens is 1. The van der Waals surface area contributed by atoms with Gasteiger partial charge in [-0.25, -0.2) is 0 Å². The van der Waals surface area contributed by atoms with Gasteiger partial charge in [-0.15, -0.1) is 0 Å². The Hall–Kier alpha value is -2.12. The third-order valence-corrected chi connectivity index (χ3v) is 3.65. The third kappa shape index (κ3) is 2.59. The number of hydrogen-bond acceptors (Lipinski definition) is 1. The molecule has 0 saturated heterocycles. The van der Waals surface area contributed by atoms with E-state index in [-0.39, 0.29) is 5.92 Å². The van der Waals surface area contributed by atoms with E-state index in [2.05, 4.69) is 29.2 Å². The summed E-state index contributed by atoms with van der Waals surface area (Å²) < 4.78 is 0. The van der Waals surface area contributed by atoms with Crippen LogP contribution in [0.3, 0.4) is 0 Å². The van der Waals surface area contributed by atoms with Crippen LogP contribution in [0.4, 0.5) is 0 Å². The quantitative estimate of drug-likeness (QED) is 0.663. The lowest BCUT2D eigenvalue weighted by Gasteiger charge is -2.18. The highest BCUT2D eigenvalue weighted by atomic mass is 35.5. The fraction of sp³-hybridized carbons (Fsp3) is 0.0556. The Labute approximate surface area is 123 Å². The Balaban J connectivity index is 2.17. The third-order valence-electron chi connectivity index (χ3n) is 3.33. The van der Waals surface area contributed by atoms with Crippen LogP contribution in [-0.4, -0.2) is 4.98 Å². The molecule has 3 rings (SSSR count). The number of hydrogen-bond donors (Lipinski definition) is 0. The topological polar surface area (TPSA) is 12.9 Å². The van der Waals surface area contributed by atoms with E-state index in [1.165, 1.54) is 11.1 Å². The molecule has 0 bridgehead atoms. The molecule has 2 heteroatoms. The second-order valence-corrected chi connectivity index (χ2v) is 5.03. The smallest absolute Gasteiger partial charge is 0.0708 e. The minimum Gasteiger partial charge on any atom is -0.259 e. The summed E-state index contributed by atoms with van der Waals surface area (Å²) in [6, 6.07) is 24.4. The molecule has 3 aromatic rings. The van der Waals surface area contributed by atoms with Gasteiger partial charge >= 0.3 is 0 Å². The molecule has 0 atom stereocenters. The van der Waals surface area contributed by atoms with Gasteiger partial charge in [0.05, 0.1) is 16.6 Å². The van der Waals surface area contributed by atoms with Gasteiger partial charge in [-0.2, -0.15) is 0 Å². The molecular formula is C18H14ClN. The van der Waals surface area contributed by atoms with E-state index in [0.717, 1.165) is 5.69 Å². The van der Waals surface area contributed by atoms with Gasteiger partial charge in [0.25, 0.3) is 0 Å². The summed E-state index contributed by atoms with van der Waals surface area (Å²) in [5, 5.41) is 0.699. The molecule has 0 saturated carbocycles. The highest BCUT2D eigenvalue weighted by Crippen LogP contribution is 2.33. The van der Waals surface area contributed by atoms with Crippen LogP contribution < -0.4 is 0 Å². The summed E-state index contributed by atoms with van der Waals surface area (Å²) in [4.78, 5) is 4.50. The van der Waals surface area contributed by atoms with Crippen molar-refractivity contribution in [3.8, 4) is 0 Å². The van der Waals surface area contributed by atoms with E-state index in [4.69, 9.17) is 11.6 Å². The van der Waals surface area contributed by atoms with Gasteiger partial charge in [0.1, 0.15) is 0 Å². The van der Waals surface area contributed by atoms with Gasteiger partial charge in [0, 0.05) is 6.20 Å². The standard InChI is InChI=1S/C18H14ClN/c19-16-12-7-13-20-18(16)17(14-8-3-1-4-9-14)15-10-5-2-6-11-15/h1-13,17H. The van der Waals surface area contributed by atoms with Crippen LogP contribution in [0.15, 0.2) is 79.0 Å². The number of nitrogens with zero attached hydrogens (tertiary/aromatic N) is 1. The first-order chi connectivity index (χ1) is 9.86. The van der Waals surface area contributed by atoms with E-state index >= 15 is 0 Å². The van der Waals surface area contributed by atoms with Crippen LogP contribution >= 0.6 is 11.6 Å². The molecule has 1 nitrogen and oxygen atoms in total. The fourth-order valence-corrected chi connectivity index (χ4v) is 2.64. The maximum atomic E-state index is 6.36. The highest BCUT2D eigenvalue weighted by molar-refractivity contribution is 6.31. The summed E-state index contributed by atoms with van der Waals surface area (Å²) in [5.41, 5.74) is 3.28. The molecule has 0 unspecified atom stereocenters. The Bertz CT molecular complexity index is 641. The molecule has 0 aliphatic carbocycles. The zero-order valence-corrected chi connectivity index (χ0v) is 11.7. The van der Waals surface area contributed by atoms with E-state index < -0.39 is 0 Å². The Morgan fingerprint density at radius 3 is 1.75 bits per heavy atom. The fourth-order valence-electron chi connectivity index (χ4n) is 2.41. The van der Waals surface area contributed by atoms with Gasteiger partial charge in [0.2, 0.25) is 0 Å². The molecule has 0 fully saturated rings. The van der Waals surface area contributed by atoms with Crippen LogP contribution in [0.25, 0.3) is 0 Å². The summed E-state index contributed by atoms with van der Waals surface area (Å²) in [5.74, 6) is 0.0612. The minimum atomic E-state index is 0.0612. The molecule has 98 valence electrons. The molecule has 0 radical (unpaired) electrons. The number of benzene rings is 2. The summed E-state index contributed by atoms with van der Waals surface area (Å²) >= 11 is 6.36. The predicted octanol–water partition coefficient (Wildman–Crippen LogP) is 4.92. The van der Waals surface area contributed by atoms with Crippen LogP contribution in [0.1, 0.15) is 22.7 Å². The van der Waals surface area contributed by atoms with Crippen molar-refractivity contribution >= 4 is 11.6 Å². The number of halogens is 1. The first-order valence-corrected chi connectivity index (χ1v) is 6.94. The van der Waals surface area contributed by atoms with Crippen molar-refractivity contribution < 1.29 is 0 Å². The van der Waals surface area contributed by atoms with Crippen molar-refractivity contribution in [3.63, 3.8) is 0 Å². The highest BCUT2D eigenvalue weighted by Gasteiger charge is 2.19. The second kappa shape index (κ2) is 5.89. The van der Waals surface area contributed by atoms with Crippen molar-refractivity contribution in [3.05, 3.63) is 101 Å². The lowest BCUT2D eigenvalue weighted by atomic mass is 9.88. The molecule has 2 aromatic carbocycles. The van der Waals surface area contributed by atoms with Crippen LogP contribution in [-0.2, 0) is 0 Å². The maximum absolute atomic E-state index is 6.36. The van der Waals surface area contributed by atoms with Gasteiger partial charge in [0.15, 0.2) is 0 Å². The van der Waals surface area contributed by atoms with Gasteiger partial charge in [-0.1, -0.05) is 72.3 Å². The summed E-state index contributed by atoms with van der Waals surface area (Å²) in [7, 11) is 0. The van der Waals surface area contributed by atoms with Crippen LogP contribution in [0, 0.1) is 0 Å². The lowest BCUT2D eigenvalue weighted by Crippen LogP contribution is -2.06. The Kier molecular flexibility index (Phi) is 3.80. The molecular weight excluding hydrogens is 266 g/mol. The largest absolute Gasteiger partial charge is 0.259 e. The molecule has 0 spiro atoms. The summed E-state index contributed by atoms with van der Waals surface area (Å²) in [6.45, 7) is 0. The molecule has 1 heterocycles. The van der Waals surface area contributed by atoms with Crippen molar-refractivity contribution in [2.75, 3.05) is 0 Å². The van der Waals surface area contributed by atoms with Crippen molar-refractivity contribution in [1.82, 2.24) is 4.98 Å². The molecule has 20 heavy (non-hydrogen) atoms. The number of rotatable bonds is 3. The maximum Gasteiger partial charge on any atom is 0.0708 e. The average molecular weight is 280 g/mol. The first-order valence-electron chi connectivity index (χ1n) is 6.56. The van der Waals surface area contributed by atoms with Gasteiger partial charge in [-0.05, 0) is 23.3 Å². The predicted molar refractivity (Wildman–Crippen MR) is 83.1 cm³/mol. The van der Waals surface area contributed by atoms with Gasteiger partial charge in [-0.3, -0.25) is 4.98 Å². The van der Waals surface area contributed by atoms with Crippen molar-refractivity contribution in [2.24, 2.45) is 0 Å². The van der Waals surface area contributed by atoms with Crippen LogP contribution in [0.5, 0.6) is 0 Å². The Morgan fingerprint density at radius 1 is 0.700 bits per heavy atom. The monoisotopic (exact) mass is 279 g/mol. The molecule has 0 N–H and O–H groups in total.